The van der Waals surface area contributed by atoms with E-state index in [2.05, 4.69) is 4.98 Å². The minimum absolute atomic E-state index is 0.171. The topological polar surface area (TPSA) is 69.9 Å². The summed E-state index contributed by atoms with van der Waals surface area (Å²) in [5.74, 6) is 0.404. The summed E-state index contributed by atoms with van der Waals surface area (Å²) in [5.41, 5.74) is 2.87. The van der Waals surface area contributed by atoms with Crippen LogP contribution >= 0.6 is 11.3 Å². The van der Waals surface area contributed by atoms with Crippen LogP contribution in [0.3, 0.4) is 0 Å². The molecule has 7 heteroatoms. The molecule has 0 aliphatic rings. The van der Waals surface area contributed by atoms with Gasteiger partial charge in [-0.05, 0) is 32.9 Å². The molecule has 2 heterocycles. The van der Waals surface area contributed by atoms with Crippen molar-refractivity contribution in [3.05, 3.63) is 40.5 Å². The molecule has 1 aromatic carbocycles. The zero-order valence-corrected chi connectivity index (χ0v) is 15.8. The van der Waals surface area contributed by atoms with Gasteiger partial charge in [0.2, 0.25) is 0 Å². The van der Waals surface area contributed by atoms with Crippen molar-refractivity contribution in [3.63, 3.8) is 0 Å². The smallest absolute Gasteiger partial charge is 0.311 e. The summed E-state index contributed by atoms with van der Waals surface area (Å²) in [6, 6.07) is 5.82. The Morgan fingerprint density at radius 1 is 1.31 bits per heavy atom. The van der Waals surface area contributed by atoms with Crippen LogP contribution in [0.2, 0.25) is 0 Å². The third kappa shape index (κ3) is 3.48. The molecule has 0 aliphatic carbocycles. The molecule has 0 atom stereocenters. The van der Waals surface area contributed by atoms with Crippen molar-refractivity contribution in [2.45, 2.75) is 27.2 Å². The molecule has 26 heavy (non-hydrogen) atoms. The number of aromatic nitrogens is 2. The molecule has 0 amide bonds. The number of hydrogen-bond acceptors (Lipinski definition) is 6. The van der Waals surface area contributed by atoms with E-state index in [-0.39, 0.29) is 12.4 Å². The van der Waals surface area contributed by atoms with Gasteiger partial charge in [0.1, 0.15) is 17.1 Å². The third-order valence-corrected chi connectivity index (χ3v) is 4.82. The van der Waals surface area contributed by atoms with Crippen molar-refractivity contribution in [3.8, 4) is 17.0 Å². The molecular weight excluding hydrogens is 352 g/mol. The van der Waals surface area contributed by atoms with Crippen LogP contribution in [-0.4, -0.2) is 34.9 Å². The highest BCUT2D eigenvalue weighted by atomic mass is 32.1. The normalized spacial score (nSPS) is 10.9. The predicted octanol–water partition coefficient (Wildman–Crippen LogP) is 3.69. The number of carbonyl (C=O) groups excluding carboxylic acids is 2. The molecule has 0 aliphatic heterocycles. The number of esters is 1. The number of thiazole rings is 1. The molecule has 0 saturated carbocycles. The van der Waals surface area contributed by atoms with E-state index in [0.29, 0.717) is 35.3 Å². The van der Waals surface area contributed by atoms with Gasteiger partial charge in [-0.25, -0.2) is 4.98 Å². The predicted molar refractivity (Wildman–Crippen MR) is 100 cm³/mol. The van der Waals surface area contributed by atoms with Crippen LogP contribution in [0.5, 0.6) is 5.75 Å². The molecular formula is C19H20N2O4S. The minimum atomic E-state index is -0.290. The van der Waals surface area contributed by atoms with E-state index < -0.39 is 0 Å². The molecule has 0 saturated heterocycles. The van der Waals surface area contributed by atoms with Gasteiger partial charge in [0, 0.05) is 16.6 Å². The Hall–Kier alpha value is -2.67. The number of hydrogen-bond donors (Lipinski definition) is 0. The molecule has 0 bridgehead atoms. The highest BCUT2D eigenvalue weighted by Crippen LogP contribution is 2.34. The molecule has 2 aromatic heterocycles. The number of rotatable bonds is 7. The van der Waals surface area contributed by atoms with Crippen molar-refractivity contribution in [2.24, 2.45) is 0 Å². The van der Waals surface area contributed by atoms with Gasteiger partial charge < -0.3 is 9.47 Å². The molecule has 0 unspecified atom stereocenters. The molecule has 0 radical (unpaired) electrons. The van der Waals surface area contributed by atoms with Crippen molar-refractivity contribution in [1.82, 2.24) is 9.38 Å². The minimum Gasteiger partial charge on any atom is -0.493 e. The number of imidazole rings is 1. The quantitative estimate of drug-likeness (QED) is 0.467. The third-order valence-electron chi connectivity index (χ3n) is 3.84. The average Bonchev–Trinajstić information content (AvgIpc) is 3.13. The van der Waals surface area contributed by atoms with Crippen molar-refractivity contribution < 1.29 is 19.1 Å². The monoisotopic (exact) mass is 372 g/mol. The Morgan fingerprint density at radius 2 is 2.12 bits per heavy atom. The number of aryl methyl sites for hydroxylation is 1. The highest BCUT2D eigenvalue weighted by Gasteiger charge is 2.20. The van der Waals surface area contributed by atoms with E-state index in [1.165, 1.54) is 11.3 Å². The van der Waals surface area contributed by atoms with E-state index in [4.69, 9.17) is 9.47 Å². The van der Waals surface area contributed by atoms with E-state index >= 15 is 0 Å². The Labute approximate surface area is 155 Å². The van der Waals surface area contributed by atoms with Crippen molar-refractivity contribution in [1.29, 1.82) is 0 Å². The molecule has 3 rings (SSSR count). The standard InChI is InChI=1S/C19H20N2O4S/c1-4-24-16-7-6-12(3)8-14(16)18-15(11-22)21-10-13(26-19(21)20-18)9-17(23)25-5-2/h6-8,10-11H,4-5,9H2,1-3H3. The lowest BCUT2D eigenvalue weighted by molar-refractivity contribution is -0.142. The number of ether oxygens (including phenoxy) is 2. The maximum Gasteiger partial charge on any atom is 0.311 e. The van der Waals surface area contributed by atoms with Gasteiger partial charge in [-0.1, -0.05) is 11.6 Å². The van der Waals surface area contributed by atoms with E-state index in [0.717, 1.165) is 22.3 Å². The fourth-order valence-electron chi connectivity index (χ4n) is 2.77. The lowest BCUT2D eigenvalue weighted by atomic mass is 10.1. The maximum absolute atomic E-state index is 11.8. The van der Waals surface area contributed by atoms with E-state index in [1.54, 1.807) is 17.5 Å². The molecule has 0 N–H and O–H groups in total. The average molecular weight is 372 g/mol. The number of benzene rings is 1. The second-order valence-electron chi connectivity index (χ2n) is 5.73. The summed E-state index contributed by atoms with van der Waals surface area (Å²) >= 11 is 1.37. The molecule has 0 spiro atoms. The summed E-state index contributed by atoms with van der Waals surface area (Å²) in [6.07, 6.45) is 2.73. The van der Waals surface area contributed by atoms with Crippen molar-refractivity contribution >= 4 is 28.6 Å². The zero-order valence-electron chi connectivity index (χ0n) is 14.9. The first-order chi connectivity index (χ1) is 12.6. The second-order valence-corrected chi connectivity index (χ2v) is 6.82. The van der Waals surface area contributed by atoms with Crippen LogP contribution < -0.4 is 4.74 Å². The maximum atomic E-state index is 11.8. The van der Waals surface area contributed by atoms with Gasteiger partial charge in [-0.3, -0.25) is 14.0 Å². The number of fused-ring (bicyclic) bond motifs is 1. The first kappa shape index (κ1) is 18.1. The van der Waals surface area contributed by atoms with Gasteiger partial charge in [0.15, 0.2) is 11.2 Å². The van der Waals surface area contributed by atoms with Crippen molar-refractivity contribution in [2.75, 3.05) is 13.2 Å². The van der Waals surface area contributed by atoms with Gasteiger partial charge in [0.05, 0.1) is 19.6 Å². The molecule has 0 fully saturated rings. The zero-order chi connectivity index (χ0) is 18.7. The van der Waals surface area contributed by atoms with Crippen LogP contribution in [0.1, 0.15) is 34.8 Å². The Kier molecular flexibility index (Phi) is 5.37. The van der Waals surface area contributed by atoms with Crippen LogP contribution in [-0.2, 0) is 16.0 Å². The lowest BCUT2D eigenvalue weighted by Gasteiger charge is -2.10. The van der Waals surface area contributed by atoms with Gasteiger partial charge >= 0.3 is 5.97 Å². The van der Waals surface area contributed by atoms with Crippen LogP contribution in [0, 0.1) is 6.92 Å². The Balaban J connectivity index is 2.06. The summed E-state index contributed by atoms with van der Waals surface area (Å²) in [4.78, 5) is 29.5. The summed E-state index contributed by atoms with van der Waals surface area (Å²) in [5, 5.41) is 0. The van der Waals surface area contributed by atoms with Crippen LogP contribution in [0.4, 0.5) is 0 Å². The van der Waals surface area contributed by atoms with Crippen LogP contribution in [0.25, 0.3) is 16.2 Å². The fraction of sp³-hybridized carbons (Fsp3) is 0.316. The SMILES string of the molecule is CCOC(=O)Cc1cn2c(C=O)c(-c3cc(C)ccc3OCC)nc2s1. The summed E-state index contributed by atoms with van der Waals surface area (Å²) in [6.45, 7) is 6.54. The Bertz CT molecular complexity index is 958. The lowest BCUT2D eigenvalue weighted by Crippen LogP contribution is -2.06. The molecule has 136 valence electrons. The van der Waals surface area contributed by atoms with E-state index in [9.17, 15) is 9.59 Å². The number of carbonyl (C=O) groups is 2. The molecule has 3 aromatic rings. The fourth-order valence-corrected chi connectivity index (χ4v) is 3.73. The first-order valence-electron chi connectivity index (χ1n) is 8.42. The number of aldehydes is 1. The van der Waals surface area contributed by atoms with Gasteiger partial charge in [-0.2, -0.15) is 0 Å². The van der Waals surface area contributed by atoms with Crippen LogP contribution in [0.15, 0.2) is 24.4 Å². The second kappa shape index (κ2) is 7.70. The number of nitrogens with zero attached hydrogens (tertiary/aromatic N) is 2. The highest BCUT2D eigenvalue weighted by molar-refractivity contribution is 7.17. The largest absolute Gasteiger partial charge is 0.493 e. The molecule has 6 nitrogen and oxygen atoms in total. The first-order valence-corrected chi connectivity index (χ1v) is 9.24. The summed E-state index contributed by atoms with van der Waals surface area (Å²) < 4.78 is 12.4. The Morgan fingerprint density at radius 3 is 2.81 bits per heavy atom. The van der Waals surface area contributed by atoms with Gasteiger partial charge in [0.25, 0.3) is 0 Å². The van der Waals surface area contributed by atoms with E-state index in [1.807, 2.05) is 32.0 Å². The van der Waals surface area contributed by atoms with Gasteiger partial charge in [-0.15, -0.1) is 11.3 Å². The summed E-state index contributed by atoms with van der Waals surface area (Å²) in [7, 11) is 0.